The van der Waals surface area contributed by atoms with Crippen LogP contribution in [0.5, 0.6) is 11.5 Å². The molecular formula is C25H25FN2O2S. The quantitative estimate of drug-likeness (QED) is 0.401. The third kappa shape index (κ3) is 3.93. The third-order valence-corrected chi connectivity index (χ3v) is 6.90. The van der Waals surface area contributed by atoms with E-state index in [-0.39, 0.29) is 5.82 Å². The van der Waals surface area contributed by atoms with E-state index in [9.17, 15) is 4.39 Å². The third-order valence-electron chi connectivity index (χ3n) is 6.05. The van der Waals surface area contributed by atoms with E-state index in [1.165, 1.54) is 39.2 Å². The van der Waals surface area contributed by atoms with Crippen LogP contribution < -0.4 is 9.47 Å². The number of thiophene rings is 1. The molecule has 4 aromatic rings. The van der Waals surface area contributed by atoms with Gasteiger partial charge in [0.2, 0.25) is 0 Å². The van der Waals surface area contributed by atoms with Crippen molar-refractivity contribution in [2.24, 2.45) is 0 Å². The topological polar surface area (TPSA) is 26.6 Å². The first-order chi connectivity index (χ1) is 15.1. The molecule has 0 amide bonds. The summed E-state index contributed by atoms with van der Waals surface area (Å²) in [5.41, 5.74) is 6.26. The molecule has 1 aliphatic heterocycles. The molecule has 31 heavy (non-hydrogen) atoms. The molecule has 5 rings (SSSR count). The second-order valence-electron chi connectivity index (χ2n) is 7.95. The average Bonchev–Trinajstić information content (AvgIpc) is 3.36. The van der Waals surface area contributed by atoms with Gasteiger partial charge in [0.15, 0.2) is 11.5 Å². The highest BCUT2D eigenvalue weighted by Gasteiger charge is 2.21. The minimum absolute atomic E-state index is 0.198. The predicted molar refractivity (Wildman–Crippen MR) is 123 cm³/mol. The maximum atomic E-state index is 13.4. The Kier molecular flexibility index (Phi) is 5.42. The van der Waals surface area contributed by atoms with Crippen molar-refractivity contribution in [3.8, 4) is 11.5 Å². The van der Waals surface area contributed by atoms with Crippen LogP contribution in [0.4, 0.5) is 4.39 Å². The molecule has 0 N–H and O–H groups in total. The Balaban J connectivity index is 1.41. The maximum Gasteiger partial charge on any atom is 0.161 e. The summed E-state index contributed by atoms with van der Waals surface area (Å²) in [6, 6.07) is 15.5. The second kappa shape index (κ2) is 8.36. The van der Waals surface area contributed by atoms with Crippen LogP contribution in [0, 0.1) is 5.82 Å². The van der Waals surface area contributed by atoms with Gasteiger partial charge in [0.1, 0.15) is 5.82 Å². The van der Waals surface area contributed by atoms with Gasteiger partial charge in [-0.15, -0.1) is 11.3 Å². The van der Waals surface area contributed by atoms with Crippen LogP contribution >= 0.6 is 11.3 Å². The lowest BCUT2D eigenvalue weighted by Crippen LogP contribution is -2.31. The molecule has 0 atom stereocenters. The van der Waals surface area contributed by atoms with E-state index in [1.807, 2.05) is 12.1 Å². The second-order valence-corrected chi connectivity index (χ2v) is 8.90. The van der Waals surface area contributed by atoms with Gasteiger partial charge in [-0.1, -0.05) is 12.1 Å². The fraction of sp³-hybridized carbons (Fsp3) is 0.280. The normalized spacial score (nSPS) is 14.0. The van der Waals surface area contributed by atoms with Crippen molar-refractivity contribution in [3.63, 3.8) is 0 Å². The molecule has 160 valence electrons. The SMILES string of the molecule is COc1cc2c(cc1OC)CN(Cc1cc3sccc3n1Cc1ccc(F)cc1)CC2. The van der Waals surface area contributed by atoms with Gasteiger partial charge in [-0.05, 0) is 64.9 Å². The van der Waals surface area contributed by atoms with Crippen LogP contribution in [-0.4, -0.2) is 30.2 Å². The monoisotopic (exact) mass is 436 g/mol. The Hall–Kier alpha value is -2.83. The van der Waals surface area contributed by atoms with Crippen LogP contribution in [-0.2, 0) is 26.1 Å². The summed E-state index contributed by atoms with van der Waals surface area (Å²) in [5.74, 6) is 1.38. The van der Waals surface area contributed by atoms with E-state index in [0.717, 1.165) is 49.7 Å². The molecule has 0 saturated carbocycles. The van der Waals surface area contributed by atoms with Gasteiger partial charge in [-0.3, -0.25) is 4.90 Å². The van der Waals surface area contributed by atoms with Crippen molar-refractivity contribution in [2.45, 2.75) is 26.1 Å². The molecule has 0 aliphatic carbocycles. The van der Waals surface area contributed by atoms with E-state index in [1.54, 1.807) is 25.6 Å². The number of aromatic nitrogens is 1. The Morgan fingerprint density at radius 1 is 0.935 bits per heavy atom. The zero-order valence-electron chi connectivity index (χ0n) is 17.7. The number of benzene rings is 2. The van der Waals surface area contributed by atoms with E-state index in [0.29, 0.717) is 0 Å². The lowest BCUT2D eigenvalue weighted by Gasteiger charge is -2.30. The Morgan fingerprint density at radius 2 is 1.68 bits per heavy atom. The van der Waals surface area contributed by atoms with Gasteiger partial charge in [-0.2, -0.15) is 0 Å². The number of nitrogens with zero attached hydrogens (tertiary/aromatic N) is 2. The highest BCUT2D eigenvalue weighted by atomic mass is 32.1. The minimum Gasteiger partial charge on any atom is -0.493 e. The molecule has 6 heteroatoms. The highest BCUT2D eigenvalue weighted by molar-refractivity contribution is 7.17. The van der Waals surface area contributed by atoms with Crippen LogP contribution in [0.25, 0.3) is 10.2 Å². The predicted octanol–water partition coefficient (Wildman–Crippen LogP) is 5.47. The fourth-order valence-corrected chi connectivity index (χ4v) is 5.27. The van der Waals surface area contributed by atoms with Crippen molar-refractivity contribution in [3.05, 3.63) is 82.1 Å². The summed E-state index contributed by atoms with van der Waals surface area (Å²) in [4.78, 5) is 2.48. The summed E-state index contributed by atoms with van der Waals surface area (Å²) >= 11 is 1.77. The standard InChI is InChI=1S/C25H25FN2O2S/c1-29-23-11-18-7-9-27(15-19(18)12-24(23)30-2)16-21-13-25-22(8-10-31-25)28(21)14-17-3-5-20(26)6-4-17/h3-6,8,10-13H,7,9,14-16H2,1-2H3. The molecule has 0 fully saturated rings. The summed E-state index contributed by atoms with van der Waals surface area (Å²) < 4.78 is 28.0. The van der Waals surface area contributed by atoms with Crippen LogP contribution in [0.3, 0.4) is 0 Å². The van der Waals surface area contributed by atoms with Crippen LogP contribution in [0.15, 0.2) is 53.9 Å². The van der Waals surface area contributed by atoms with E-state index in [2.05, 4.69) is 39.1 Å². The van der Waals surface area contributed by atoms with E-state index in [4.69, 9.17) is 9.47 Å². The van der Waals surface area contributed by atoms with Crippen molar-refractivity contribution < 1.29 is 13.9 Å². The maximum absolute atomic E-state index is 13.4. The Bertz CT molecular complexity index is 1210. The molecule has 2 aromatic carbocycles. The summed E-state index contributed by atoms with van der Waals surface area (Å²) in [6.45, 7) is 3.49. The zero-order valence-corrected chi connectivity index (χ0v) is 18.5. The van der Waals surface area contributed by atoms with Gasteiger partial charge in [0.05, 0.1) is 24.4 Å². The summed E-state index contributed by atoms with van der Waals surface area (Å²) in [7, 11) is 3.36. The van der Waals surface area contributed by atoms with Gasteiger partial charge < -0.3 is 14.0 Å². The molecule has 0 bridgehead atoms. The molecule has 0 unspecified atom stereocenters. The van der Waals surface area contributed by atoms with Crippen molar-refractivity contribution in [1.82, 2.24) is 9.47 Å². The number of halogens is 1. The highest BCUT2D eigenvalue weighted by Crippen LogP contribution is 2.34. The number of fused-ring (bicyclic) bond motifs is 2. The summed E-state index contributed by atoms with van der Waals surface area (Å²) in [5, 5.41) is 2.13. The largest absolute Gasteiger partial charge is 0.493 e. The Morgan fingerprint density at radius 3 is 2.42 bits per heavy atom. The number of hydrogen-bond donors (Lipinski definition) is 0. The van der Waals surface area contributed by atoms with Gasteiger partial charge in [0.25, 0.3) is 0 Å². The smallest absolute Gasteiger partial charge is 0.161 e. The lowest BCUT2D eigenvalue weighted by molar-refractivity contribution is 0.239. The summed E-state index contributed by atoms with van der Waals surface area (Å²) in [6.07, 6.45) is 0.989. The zero-order chi connectivity index (χ0) is 21.4. The average molecular weight is 437 g/mol. The first-order valence-corrected chi connectivity index (χ1v) is 11.3. The molecule has 0 spiro atoms. The Labute approximate surface area is 185 Å². The first-order valence-electron chi connectivity index (χ1n) is 10.4. The minimum atomic E-state index is -0.198. The molecule has 2 aromatic heterocycles. The number of methoxy groups -OCH3 is 2. The molecule has 1 aliphatic rings. The number of hydrogen-bond acceptors (Lipinski definition) is 4. The molecular weight excluding hydrogens is 411 g/mol. The van der Waals surface area contributed by atoms with E-state index >= 15 is 0 Å². The van der Waals surface area contributed by atoms with Crippen molar-refractivity contribution in [2.75, 3.05) is 20.8 Å². The molecule has 0 saturated heterocycles. The molecule has 3 heterocycles. The van der Waals surface area contributed by atoms with Crippen LogP contribution in [0.1, 0.15) is 22.4 Å². The molecule has 4 nitrogen and oxygen atoms in total. The van der Waals surface area contributed by atoms with Crippen molar-refractivity contribution in [1.29, 1.82) is 0 Å². The first kappa shape index (κ1) is 20.1. The number of ether oxygens (including phenoxy) is 2. The van der Waals surface area contributed by atoms with E-state index < -0.39 is 0 Å². The van der Waals surface area contributed by atoms with Gasteiger partial charge >= 0.3 is 0 Å². The van der Waals surface area contributed by atoms with Gasteiger partial charge in [-0.25, -0.2) is 4.39 Å². The lowest BCUT2D eigenvalue weighted by atomic mass is 9.98. The molecule has 0 radical (unpaired) electrons. The van der Waals surface area contributed by atoms with Crippen molar-refractivity contribution >= 4 is 21.6 Å². The fourth-order valence-electron chi connectivity index (χ4n) is 4.42. The van der Waals surface area contributed by atoms with Gasteiger partial charge in [0, 0.05) is 31.9 Å². The number of rotatable bonds is 6. The van der Waals surface area contributed by atoms with Crippen LogP contribution in [0.2, 0.25) is 0 Å².